The molecular formula is C21H24FNO3. The molecule has 0 radical (unpaired) electrons. The Kier molecular flexibility index (Phi) is 6.10. The van der Waals surface area contributed by atoms with Crippen LogP contribution in [0.25, 0.3) is 0 Å². The van der Waals surface area contributed by atoms with Crippen LogP contribution in [0.2, 0.25) is 0 Å². The van der Waals surface area contributed by atoms with E-state index in [1.165, 1.54) is 12.1 Å². The van der Waals surface area contributed by atoms with Crippen LogP contribution in [-0.2, 0) is 4.79 Å². The first-order valence-corrected chi connectivity index (χ1v) is 8.96. The van der Waals surface area contributed by atoms with Gasteiger partial charge in [0.2, 0.25) is 0 Å². The highest BCUT2D eigenvalue weighted by atomic mass is 19.1. The maximum Gasteiger partial charge on any atom is 0.260 e. The number of amides is 1. The summed E-state index contributed by atoms with van der Waals surface area (Å²) < 4.78 is 24.1. The minimum absolute atomic E-state index is 0.0209. The van der Waals surface area contributed by atoms with Crippen LogP contribution < -0.4 is 9.47 Å². The van der Waals surface area contributed by atoms with E-state index >= 15 is 0 Å². The monoisotopic (exact) mass is 357 g/mol. The van der Waals surface area contributed by atoms with Crippen LogP contribution in [-0.4, -0.2) is 37.1 Å². The minimum Gasteiger partial charge on any atom is -0.494 e. The molecule has 1 heterocycles. The second-order valence-corrected chi connectivity index (χ2v) is 6.69. The average molecular weight is 357 g/mol. The fourth-order valence-corrected chi connectivity index (χ4v) is 3.04. The van der Waals surface area contributed by atoms with E-state index in [4.69, 9.17) is 9.47 Å². The zero-order valence-electron chi connectivity index (χ0n) is 15.0. The number of carbonyl (C=O) groups excluding carboxylic acids is 1. The van der Waals surface area contributed by atoms with E-state index in [1.54, 1.807) is 12.1 Å². The second kappa shape index (κ2) is 8.70. The number of aryl methyl sites for hydroxylation is 1. The molecular weight excluding hydrogens is 333 g/mol. The first-order chi connectivity index (χ1) is 12.6. The third kappa shape index (κ3) is 5.22. The van der Waals surface area contributed by atoms with E-state index in [2.05, 4.69) is 0 Å². The standard InChI is InChI=1S/C21H24FNO3/c1-16-2-6-20(7-3-16)26-15-21(24)23-12-10-17(14-23)11-13-25-19-8-4-18(22)5-9-19/h2-9,17H,10-15H2,1H3. The van der Waals surface area contributed by atoms with Gasteiger partial charge in [-0.15, -0.1) is 0 Å². The lowest BCUT2D eigenvalue weighted by atomic mass is 10.1. The minimum atomic E-state index is -0.268. The number of benzene rings is 2. The van der Waals surface area contributed by atoms with Gasteiger partial charge in [0.15, 0.2) is 6.61 Å². The maximum absolute atomic E-state index is 12.9. The van der Waals surface area contributed by atoms with Crippen LogP contribution in [0, 0.1) is 18.7 Å². The number of nitrogens with zero attached hydrogens (tertiary/aromatic N) is 1. The van der Waals surface area contributed by atoms with Gasteiger partial charge in [-0.25, -0.2) is 4.39 Å². The number of rotatable bonds is 7. The quantitative estimate of drug-likeness (QED) is 0.756. The third-order valence-corrected chi connectivity index (χ3v) is 4.63. The van der Waals surface area contributed by atoms with Gasteiger partial charge in [0, 0.05) is 13.1 Å². The summed E-state index contributed by atoms with van der Waals surface area (Å²) in [5, 5.41) is 0. The molecule has 0 saturated carbocycles. The van der Waals surface area contributed by atoms with Crippen molar-refractivity contribution in [2.75, 3.05) is 26.3 Å². The van der Waals surface area contributed by atoms with Gasteiger partial charge in [0.25, 0.3) is 5.91 Å². The van der Waals surface area contributed by atoms with Crippen LogP contribution in [0.5, 0.6) is 11.5 Å². The topological polar surface area (TPSA) is 38.8 Å². The molecule has 5 heteroatoms. The second-order valence-electron chi connectivity index (χ2n) is 6.69. The molecule has 1 fully saturated rings. The number of halogens is 1. The molecule has 4 nitrogen and oxygen atoms in total. The van der Waals surface area contributed by atoms with Gasteiger partial charge in [-0.05, 0) is 62.1 Å². The normalized spacial score (nSPS) is 16.5. The van der Waals surface area contributed by atoms with E-state index in [0.29, 0.717) is 24.0 Å². The molecule has 138 valence electrons. The van der Waals surface area contributed by atoms with Gasteiger partial charge in [-0.1, -0.05) is 17.7 Å². The average Bonchev–Trinajstić information content (AvgIpc) is 3.12. The summed E-state index contributed by atoms with van der Waals surface area (Å²) in [6.45, 7) is 4.15. The summed E-state index contributed by atoms with van der Waals surface area (Å²) in [6.07, 6.45) is 1.85. The first kappa shape index (κ1) is 18.2. The largest absolute Gasteiger partial charge is 0.494 e. The Hall–Kier alpha value is -2.56. The molecule has 3 rings (SSSR count). The molecule has 2 aromatic carbocycles. The van der Waals surface area contributed by atoms with Crippen LogP contribution in [0.15, 0.2) is 48.5 Å². The lowest BCUT2D eigenvalue weighted by Crippen LogP contribution is -2.33. The highest BCUT2D eigenvalue weighted by molar-refractivity contribution is 5.78. The number of hydrogen-bond donors (Lipinski definition) is 0. The Bertz CT molecular complexity index is 715. The Balaban J connectivity index is 1.36. The number of likely N-dealkylation sites (tertiary alicyclic amines) is 1. The van der Waals surface area contributed by atoms with Crippen LogP contribution in [0.1, 0.15) is 18.4 Å². The van der Waals surface area contributed by atoms with Crippen LogP contribution in [0.3, 0.4) is 0 Å². The van der Waals surface area contributed by atoms with Gasteiger partial charge in [0.05, 0.1) is 6.61 Å². The van der Waals surface area contributed by atoms with Gasteiger partial charge in [-0.3, -0.25) is 4.79 Å². The van der Waals surface area contributed by atoms with Crippen LogP contribution in [0.4, 0.5) is 4.39 Å². The number of carbonyl (C=O) groups is 1. The molecule has 26 heavy (non-hydrogen) atoms. The summed E-state index contributed by atoms with van der Waals surface area (Å²) >= 11 is 0. The molecule has 1 unspecified atom stereocenters. The Morgan fingerprint density at radius 3 is 2.46 bits per heavy atom. The molecule has 0 aliphatic carbocycles. The van der Waals surface area contributed by atoms with Crippen molar-refractivity contribution in [3.63, 3.8) is 0 Å². The Morgan fingerprint density at radius 2 is 1.73 bits per heavy atom. The zero-order valence-corrected chi connectivity index (χ0v) is 15.0. The van der Waals surface area contributed by atoms with Gasteiger partial charge in [0.1, 0.15) is 17.3 Å². The van der Waals surface area contributed by atoms with Crippen molar-refractivity contribution in [3.8, 4) is 11.5 Å². The number of ether oxygens (including phenoxy) is 2. The summed E-state index contributed by atoms with van der Waals surface area (Å²) in [6, 6.07) is 13.7. The highest BCUT2D eigenvalue weighted by Crippen LogP contribution is 2.21. The molecule has 1 amide bonds. The number of hydrogen-bond acceptors (Lipinski definition) is 3. The third-order valence-electron chi connectivity index (χ3n) is 4.63. The van der Waals surface area contributed by atoms with Crippen molar-refractivity contribution in [2.24, 2.45) is 5.92 Å². The molecule has 0 N–H and O–H groups in total. The smallest absolute Gasteiger partial charge is 0.260 e. The Morgan fingerprint density at radius 1 is 1.08 bits per heavy atom. The molecule has 0 bridgehead atoms. The van der Waals surface area contributed by atoms with Crippen molar-refractivity contribution in [3.05, 3.63) is 59.9 Å². The van der Waals surface area contributed by atoms with E-state index in [0.717, 1.165) is 31.5 Å². The van der Waals surface area contributed by atoms with Crippen molar-refractivity contribution in [2.45, 2.75) is 19.8 Å². The summed E-state index contributed by atoms with van der Waals surface area (Å²) in [5.74, 6) is 1.57. The predicted molar refractivity (Wildman–Crippen MR) is 97.9 cm³/mol. The van der Waals surface area contributed by atoms with Gasteiger partial charge in [-0.2, -0.15) is 0 Å². The fraction of sp³-hybridized carbons (Fsp3) is 0.381. The fourth-order valence-electron chi connectivity index (χ4n) is 3.04. The summed E-state index contributed by atoms with van der Waals surface area (Å²) in [4.78, 5) is 14.2. The van der Waals surface area contributed by atoms with Gasteiger partial charge < -0.3 is 14.4 Å². The van der Waals surface area contributed by atoms with E-state index in [-0.39, 0.29) is 18.3 Å². The maximum atomic E-state index is 12.9. The van der Waals surface area contributed by atoms with Crippen molar-refractivity contribution in [1.29, 1.82) is 0 Å². The molecule has 2 aromatic rings. The van der Waals surface area contributed by atoms with Crippen LogP contribution >= 0.6 is 0 Å². The first-order valence-electron chi connectivity index (χ1n) is 8.96. The highest BCUT2D eigenvalue weighted by Gasteiger charge is 2.26. The van der Waals surface area contributed by atoms with Crippen molar-refractivity contribution >= 4 is 5.91 Å². The van der Waals surface area contributed by atoms with E-state index in [9.17, 15) is 9.18 Å². The molecule has 1 aliphatic rings. The summed E-state index contributed by atoms with van der Waals surface area (Å²) in [5.41, 5.74) is 1.16. The Labute approximate surface area is 153 Å². The van der Waals surface area contributed by atoms with Gasteiger partial charge >= 0.3 is 0 Å². The molecule has 1 atom stereocenters. The molecule has 0 spiro atoms. The SMILES string of the molecule is Cc1ccc(OCC(=O)N2CCC(CCOc3ccc(F)cc3)C2)cc1. The van der Waals surface area contributed by atoms with E-state index < -0.39 is 0 Å². The molecule has 1 aliphatic heterocycles. The summed E-state index contributed by atoms with van der Waals surface area (Å²) in [7, 11) is 0. The molecule has 0 aromatic heterocycles. The zero-order chi connectivity index (χ0) is 18.4. The lowest BCUT2D eigenvalue weighted by Gasteiger charge is -2.17. The molecule has 1 saturated heterocycles. The van der Waals surface area contributed by atoms with Crippen molar-refractivity contribution < 1.29 is 18.7 Å². The van der Waals surface area contributed by atoms with E-state index in [1.807, 2.05) is 36.1 Å². The predicted octanol–water partition coefficient (Wildman–Crippen LogP) is 3.83. The lowest BCUT2D eigenvalue weighted by molar-refractivity contribution is -0.132. The van der Waals surface area contributed by atoms with Crippen molar-refractivity contribution in [1.82, 2.24) is 4.90 Å².